The molecule has 2 aromatic rings. The Hall–Kier alpha value is -2.28. The van der Waals surface area contributed by atoms with Crippen molar-refractivity contribution >= 4 is 11.6 Å². The Balaban J connectivity index is 1.99. The Kier molecular flexibility index (Phi) is 3.63. The highest BCUT2D eigenvalue weighted by Crippen LogP contribution is 2.10. The first-order chi connectivity index (χ1) is 8.69. The Morgan fingerprint density at radius 1 is 1.56 bits per heavy atom. The van der Waals surface area contributed by atoms with Crippen molar-refractivity contribution in [3.05, 3.63) is 35.9 Å². The van der Waals surface area contributed by atoms with Gasteiger partial charge in [-0.3, -0.25) is 9.78 Å². The summed E-state index contributed by atoms with van der Waals surface area (Å²) in [4.78, 5) is 15.9. The number of aromatic nitrogens is 4. The van der Waals surface area contributed by atoms with Gasteiger partial charge in [-0.15, -0.1) is 5.10 Å². The molecule has 2 aromatic heterocycles. The second kappa shape index (κ2) is 5.37. The van der Waals surface area contributed by atoms with E-state index in [1.54, 1.807) is 24.5 Å². The minimum absolute atomic E-state index is 0.0985. The number of carbonyl (C=O) groups excluding carboxylic acids is 1. The Morgan fingerprint density at radius 2 is 2.39 bits per heavy atom. The van der Waals surface area contributed by atoms with Gasteiger partial charge in [0.1, 0.15) is 6.54 Å². The van der Waals surface area contributed by atoms with Crippen LogP contribution in [-0.4, -0.2) is 25.9 Å². The molecule has 0 atom stereocenters. The molecule has 0 bridgehead atoms. The van der Waals surface area contributed by atoms with E-state index < -0.39 is 0 Å². The molecule has 0 aliphatic heterocycles. The van der Waals surface area contributed by atoms with E-state index >= 15 is 0 Å². The summed E-state index contributed by atoms with van der Waals surface area (Å²) in [5.74, 6) is -0.181. The van der Waals surface area contributed by atoms with Crippen molar-refractivity contribution in [3.8, 4) is 0 Å². The quantitative estimate of drug-likeness (QED) is 0.796. The van der Waals surface area contributed by atoms with Gasteiger partial charge in [0.2, 0.25) is 5.91 Å². The van der Waals surface area contributed by atoms with Crippen molar-refractivity contribution < 1.29 is 4.79 Å². The molecule has 3 N–H and O–H groups in total. The fraction of sp³-hybridized carbons (Fsp3) is 0.273. The number of aryl methyl sites for hydroxylation is 1. The summed E-state index contributed by atoms with van der Waals surface area (Å²) < 4.78 is 1.45. The van der Waals surface area contributed by atoms with E-state index in [9.17, 15) is 4.79 Å². The fourth-order valence-electron chi connectivity index (χ4n) is 1.46. The monoisotopic (exact) mass is 246 g/mol. The zero-order chi connectivity index (χ0) is 13.0. The minimum Gasteiger partial charge on any atom is -0.325 e. The summed E-state index contributed by atoms with van der Waals surface area (Å²) in [6, 6.07) is 3.57. The summed E-state index contributed by atoms with van der Waals surface area (Å²) in [6.45, 7) is 2.24. The summed E-state index contributed by atoms with van der Waals surface area (Å²) in [6.07, 6.45) is 3.33. The number of hydrogen-bond acceptors (Lipinski definition) is 5. The van der Waals surface area contributed by atoms with E-state index in [1.807, 2.05) is 6.92 Å². The molecule has 7 heteroatoms. The molecule has 0 saturated carbocycles. The van der Waals surface area contributed by atoms with Crippen LogP contribution in [-0.2, 0) is 17.9 Å². The van der Waals surface area contributed by atoms with Gasteiger partial charge in [0, 0.05) is 12.7 Å². The second-order valence-electron chi connectivity index (χ2n) is 3.80. The van der Waals surface area contributed by atoms with Crippen LogP contribution in [0, 0.1) is 6.92 Å². The van der Waals surface area contributed by atoms with E-state index in [1.165, 1.54) is 4.68 Å². The van der Waals surface area contributed by atoms with E-state index in [0.29, 0.717) is 17.9 Å². The van der Waals surface area contributed by atoms with Gasteiger partial charge in [-0.25, -0.2) is 4.68 Å². The Labute approximate surface area is 104 Å². The lowest BCUT2D eigenvalue weighted by atomic mass is 10.3. The van der Waals surface area contributed by atoms with Crippen LogP contribution in [0.4, 0.5) is 5.69 Å². The average Bonchev–Trinajstić information content (AvgIpc) is 2.80. The van der Waals surface area contributed by atoms with Crippen molar-refractivity contribution in [1.82, 2.24) is 20.0 Å². The molecule has 7 nitrogen and oxygen atoms in total. The maximum Gasteiger partial charge on any atom is 0.246 e. The molecule has 0 fully saturated rings. The van der Waals surface area contributed by atoms with Crippen LogP contribution >= 0.6 is 0 Å². The second-order valence-corrected chi connectivity index (χ2v) is 3.80. The Bertz CT molecular complexity index is 550. The van der Waals surface area contributed by atoms with E-state index in [-0.39, 0.29) is 12.5 Å². The first-order valence-electron chi connectivity index (χ1n) is 5.49. The SMILES string of the molecule is Cc1ncccc1NC(=O)Cn1cc(CN)nn1. The predicted octanol–water partition coefficient (Wildman–Crippen LogP) is 0.0789. The normalized spacial score (nSPS) is 10.3. The van der Waals surface area contributed by atoms with Gasteiger partial charge in [-0.05, 0) is 19.1 Å². The zero-order valence-corrected chi connectivity index (χ0v) is 10.00. The predicted molar refractivity (Wildman–Crippen MR) is 65.5 cm³/mol. The molecular weight excluding hydrogens is 232 g/mol. The maximum absolute atomic E-state index is 11.8. The highest BCUT2D eigenvalue weighted by molar-refractivity contribution is 5.90. The van der Waals surface area contributed by atoms with Crippen molar-refractivity contribution in [2.75, 3.05) is 5.32 Å². The van der Waals surface area contributed by atoms with E-state index in [0.717, 1.165) is 5.69 Å². The molecule has 94 valence electrons. The molecule has 0 aliphatic rings. The van der Waals surface area contributed by atoms with Crippen molar-refractivity contribution in [2.45, 2.75) is 20.0 Å². The Morgan fingerprint density at radius 3 is 3.06 bits per heavy atom. The summed E-state index contributed by atoms with van der Waals surface area (Å²) in [5.41, 5.74) is 7.53. The van der Waals surface area contributed by atoms with Crippen molar-refractivity contribution in [3.63, 3.8) is 0 Å². The summed E-state index contributed by atoms with van der Waals surface area (Å²) in [5, 5.41) is 10.4. The van der Waals surface area contributed by atoms with Gasteiger partial charge < -0.3 is 11.1 Å². The molecule has 18 heavy (non-hydrogen) atoms. The minimum atomic E-state index is -0.181. The number of rotatable bonds is 4. The molecular formula is C11H14N6O. The van der Waals surface area contributed by atoms with Crippen LogP contribution in [0.1, 0.15) is 11.4 Å². The van der Waals surface area contributed by atoms with Gasteiger partial charge in [0.05, 0.1) is 23.3 Å². The molecule has 0 aliphatic carbocycles. The molecule has 0 aromatic carbocycles. The van der Waals surface area contributed by atoms with Crippen LogP contribution in [0.3, 0.4) is 0 Å². The number of anilines is 1. The average molecular weight is 246 g/mol. The van der Waals surface area contributed by atoms with Crippen molar-refractivity contribution in [1.29, 1.82) is 0 Å². The van der Waals surface area contributed by atoms with Gasteiger partial charge >= 0.3 is 0 Å². The van der Waals surface area contributed by atoms with Gasteiger partial charge in [-0.2, -0.15) is 0 Å². The molecule has 1 amide bonds. The first kappa shape index (κ1) is 12.2. The molecule has 0 radical (unpaired) electrons. The topological polar surface area (TPSA) is 98.7 Å². The van der Waals surface area contributed by atoms with Gasteiger partial charge in [0.15, 0.2) is 0 Å². The third-order valence-corrected chi connectivity index (χ3v) is 2.38. The van der Waals surface area contributed by atoms with Crippen LogP contribution in [0.25, 0.3) is 0 Å². The first-order valence-corrected chi connectivity index (χ1v) is 5.49. The van der Waals surface area contributed by atoms with Gasteiger partial charge in [0.25, 0.3) is 0 Å². The standard InChI is InChI=1S/C11H14N6O/c1-8-10(3-2-4-13-8)14-11(18)7-17-6-9(5-12)15-16-17/h2-4,6H,5,7,12H2,1H3,(H,14,18). The third kappa shape index (κ3) is 2.89. The summed E-state index contributed by atoms with van der Waals surface area (Å²) >= 11 is 0. The number of nitrogens with two attached hydrogens (primary N) is 1. The number of nitrogens with one attached hydrogen (secondary N) is 1. The third-order valence-electron chi connectivity index (χ3n) is 2.38. The van der Waals surface area contributed by atoms with Crippen LogP contribution < -0.4 is 11.1 Å². The summed E-state index contributed by atoms with van der Waals surface area (Å²) in [7, 11) is 0. The molecule has 2 heterocycles. The highest BCUT2D eigenvalue weighted by atomic mass is 16.2. The smallest absolute Gasteiger partial charge is 0.246 e. The van der Waals surface area contributed by atoms with E-state index in [4.69, 9.17) is 5.73 Å². The lowest BCUT2D eigenvalue weighted by Crippen LogP contribution is -2.19. The molecule has 2 rings (SSSR count). The van der Waals surface area contributed by atoms with Crippen LogP contribution in [0.15, 0.2) is 24.5 Å². The fourth-order valence-corrected chi connectivity index (χ4v) is 1.46. The number of pyridine rings is 1. The lowest BCUT2D eigenvalue weighted by Gasteiger charge is -2.06. The number of amides is 1. The number of nitrogens with zero attached hydrogens (tertiary/aromatic N) is 4. The number of hydrogen-bond donors (Lipinski definition) is 2. The maximum atomic E-state index is 11.8. The van der Waals surface area contributed by atoms with Crippen LogP contribution in [0.5, 0.6) is 0 Å². The highest BCUT2D eigenvalue weighted by Gasteiger charge is 2.07. The van der Waals surface area contributed by atoms with Crippen molar-refractivity contribution in [2.24, 2.45) is 5.73 Å². The molecule has 0 saturated heterocycles. The zero-order valence-electron chi connectivity index (χ0n) is 10.00. The largest absolute Gasteiger partial charge is 0.325 e. The van der Waals surface area contributed by atoms with E-state index in [2.05, 4.69) is 20.6 Å². The molecule has 0 unspecified atom stereocenters. The lowest BCUT2D eigenvalue weighted by molar-refractivity contribution is -0.116. The van der Waals surface area contributed by atoms with Gasteiger partial charge in [-0.1, -0.05) is 5.21 Å². The number of carbonyl (C=O) groups is 1. The molecule has 0 spiro atoms. The van der Waals surface area contributed by atoms with Crippen LogP contribution in [0.2, 0.25) is 0 Å².